The summed E-state index contributed by atoms with van der Waals surface area (Å²) >= 11 is 0. The molecule has 0 spiro atoms. The molecule has 0 heterocycles. The van der Waals surface area contributed by atoms with Crippen LogP contribution in [0.3, 0.4) is 0 Å². The number of nitrogens with zero attached hydrogens (tertiary/aromatic N) is 2. The molecule has 8 nitrogen and oxygen atoms in total. The van der Waals surface area contributed by atoms with E-state index in [0.29, 0.717) is 0 Å². The van der Waals surface area contributed by atoms with Crippen LogP contribution < -0.4 is 5.32 Å². The summed E-state index contributed by atoms with van der Waals surface area (Å²) in [6, 6.07) is 0.200. The van der Waals surface area contributed by atoms with Gasteiger partial charge in [-0.1, -0.05) is 0 Å². The third-order valence-electron chi connectivity index (χ3n) is 2.96. The monoisotopic (exact) mass is 283 g/mol. The summed E-state index contributed by atoms with van der Waals surface area (Å²) in [6.07, 6.45) is 1.35. The number of carbonyl (C=O) groups excluding carboxylic acids is 1. The zero-order valence-corrected chi connectivity index (χ0v) is 10.9. The van der Waals surface area contributed by atoms with Gasteiger partial charge in [0.15, 0.2) is 0 Å². The van der Waals surface area contributed by atoms with E-state index in [9.17, 15) is 14.4 Å². The van der Waals surface area contributed by atoms with Crippen molar-refractivity contribution in [1.82, 2.24) is 10.2 Å². The van der Waals surface area contributed by atoms with Crippen LogP contribution in [0, 0.1) is 11.3 Å². The molecule has 0 aromatic rings. The molecule has 1 rings (SSSR count). The molecule has 3 N–H and O–H groups in total. The van der Waals surface area contributed by atoms with E-state index in [1.54, 1.807) is 0 Å². The van der Waals surface area contributed by atoms with Gasteiger partial charge in [-0.2, -0.15) is 5.26 Å². The molecule has 1 aliphatic carbocycles. The van der Waals surface area contributed by atoms with Gasteiger partial charge >= 0.3 is 18.0 Å². The number of hydrogen-bond acceptors (Lipinski definition) is 4. The van der Waals surface area contributed by atoms with Crippen molar-refractivity contribution in [3.05, 3.63) is 0 Å². The summed E-state index contributed by atoms with van der Waals surface area (Å²) in [5.41, 5.74) is 0. The molecule has 1 unspecified atom stereocenters. The highest BCUT2D eigenvalue weighted by atomic mass is 16.4. The number of aliphatic carboxylic acids is 2. The van der Waals surface area contributed by atoms with Crippen molar-refractivity contribution in [3.8, 4) is 6.07 Å². The Morgan fingerprint density at radius 1 is 1.35 bits per heavy atom. The van der Waals surface area contributed by atoms with E-state index < -0.39 is 24.0 Å². The third kappa shape index (κ3) is 5.14. The Labute approximate surface area is 116 Å². The Kier molecular flexibility index (Phi) is 5.77. The second kappa shape index (κ2) is 7.33. The first kappa shape index (κ1) is 15.8. The van der Waals surface area contributed by atoms with Crippen molar-refractivity contribution >= 4 is 18.0 Å². The van der Waals surface area contributed by atoms with Crippen LogP contribution in [-0.4, -0.2) is 51.7 Å². The summed E-state index contributed by atoms with van der Waals surface area (Å²) in [4.78, 5) is 34.9. The first-order chi connectivity index (χ1) is 9.45. The molecular formula is C12H17N3O5. The molecule has 1 saturated carbocycles. The summed E-state index contributed by atoms with van der Waals surface area (Å²) in [5, 5.41) is 28.4. The lowest BCUT2D eigenvalue weighted by Crippen LogP contribution is -2.49. The van der Waals surface area contributed by atoms with Gasteiger partial charge in [0.1, 0.15) is 6.04 Å². The molecule has 0 saturated heterocycles. The average molecular weight is 283 g/mol. The van der Waals surface area contributed by atoms with Gasteiger partial charge in [0, 0.05) is 19.0 Å². The van der Waals surface area contributed by atoms with Crippen molar-refractivity contribution in [3.63, 3.8) is 0 Å². The fraction of sp³-hybridized carbons (Fsp3) is 0.667. The van der Waals surface area contributed by atoms with E-state index in [0.717, 1.165) is 12.8 Å². The lowest BCUT2D eigenvalue weighted by molar-refractivity contribution is -0.140. The third-order valence-corrected chi connectivity index (χ3v) is 2.96. The maximum absolute atomic E-state index is 12.0. The molecule has 1 fully saturated rings. The minimum atomic E-state index is -1.27. The maximum atomic E-state index is 12.0. The molecule has 0 bridgehead atoms. The molecule has 0 aliphatic heterocycles. The van der Waals surface area contributed by atoms with E-state index in [2.05, 4.69) is 5.32 Å². The lowest BCUT2D eigenvalue weighted by atomic mass is 10.1. The number of carbonyl (C=O) groups is 3. The zero-order chi connectivity index (χ0) is 15.1. The molecule has 2 amide bonds. The van der Waals surface area contributed by atoms with Crippen LogP contribution in [0.4, 0.5) is 4.79 Å². The minimum Gasteiger partial charge on any atom is -0.481 e. The van der Waals surface area contributed by atoms with Crippen LogP contribution in [0.1, 0.15) is 32.1 Å². The minimum absolute atomic E-state index is 0.0530. The number of nitriles is 1. The van der Waals surface area contributed by atoms with Gasteiger partial charge in [-0.05, 0) is 19.3 Å². The number of hydrogen-bond donors (Lipinski definition) is 3. The van der Waals surface area contributed by atoms with E-state index >= 15 is 0 Å². The van der Waals surface area contributed by atoms with Crippen LogP contribution in [0.2, 0.25) is 0 Å². The molecule has 1 aliphatic rings. The predicted octanol–water partition coefficient (Wildman–Crippen LogP) is 0.392. The molecule has 0 aromatic heterocycles. The highest BCUT2D eigenvalue weighted by Crippen LogP contribution is 2.27. The molecular weight excluding hydrogens is 266 g/mol. The smallest absolute Gasteiger partial charge is 0.326 e. The van der Waals surface area contributed by atoms with Crippen LogP contribution in [0.25, 0.3) is 0 Å². The SMILES string of the molecule is N#CCCN(C(=O)NC(CCC(=O)O)C(=O)O)C1CC1. The summed E-state index contributed by atoms with van der Waals surface area (Å²) in [6.45, 7) is 0.248. The number of amides is 2. The first-order valence-electron chi connectivity index (χ1n) is 6.34. The van der Waals surface area contributed by atoms with E-state index in [1.165, 1.54) is 4.90 Å². The quantitative estimate of drug-likeness (QED) is 0.590. The van der Waals surface area contributed by atoms with Crippen molar-refractivity contribution in [2.75, 3.05) is 6.54 Å². The van der Waals surface area contributed by atoms with Gasteiger partial charge in [0.05, 0.1) is 12.5 Å². The molecule has 110 valence electrons. The average Bonchev–Trinajstić information content (AvgIpc) is 3.18. The largest absolute Gasteiger partial charge is 0.481 e. The van der Waals surface area contributed by atoms with Gasteiger partial charge < -0.3 is 20.4 Å². The molecule has 1 atom stereocenters. The Bertz CT molecular complexity index is 427. The second-order valence-corrected chi connectivity index (χ2v) is 4.61. The van der Waals surface area contributed by atoms with Gasteiger partial charge in [-0.15, -0.1) is 0 Å². The Balaban J connectivity index is 2.56. The fourth-order valence-corrected chi connectivity index (χ4v) is 1.76. The fourth-order valence-electron chi connectivity index (χ4n) is 1.76. The summed E-state index contributed by atoms with van der Waals surface area (Å²) in [5.74, 6) is -2.38. The van der Waals surface area contributed by atoms with Gasteiger partial charge in [-0.3, -0.25) is 4.79 Å². The molecule has 0 aromatic carbocycles. The maximum Gasteiger partial charge on any atom is 0.326 e. The van der Waals surface area contributed by atoms with Crippen molar-refractivity contribution in [2.45, 2.75) is 44.2 Å². The number of urea groups is 1. The second-order valence-electron chi connectivity index (χ2n) is 4.61. The normalized spacial score (nSPS) is 14.9. The van der Waals surface area contributed by atoms with Crippen LogP contribution in [-0.2, 0) is 9.59 Å². The number of nitrogens with one attached hydrogen (secondary N) is 1. The Morgan fingerprint density at radius 3 is 2.45 bits per heavy atom. The van der Waals surface area contributed by atoms with Gasteiger partial charge in [-0.25, -0.2) is 9.59 Å². The van der Waals surface area contributed by atoms with E-state index in [1.807, 2.05) is 6.07 Å². The van der Waals surface area contributed by atoms with Crippen molar-refractivity contribution in [1.29, 1.82) is 5.26 Å². The van der Waals surface area contributed by atoms with Gasteiger partial charge in [0.25, 0.3) is 0 Å². The highest BCUT2D eigenvalue weighted by Gasteiger charge is 2.34. The Morgan fingerprint density at radius 2 is 2.00 bits per heavy atom. The Hall–Kier alpha value is -2.30. The highest BCUT2D eigenvalue weighted by molar-refractivity contribution is 5.83. The standard InChI is InChI=1S/C12H17N3O5/c13-6-1-7-15(8-2-3-8)12(20)14-9(11(18)19)4-5-10(16)17/h8-9H,1-5,7H2,(H,14,20)(H,16,17)(H,18,19). The lowest BCUT2D eigenvalue weighted by Gasteiger charge is -2.24. The summed E-state index contributed by atoms with van der Waals surface area (Å²) < 4.78 is 0. The van der Waals surface area contributed by atoms with Crippen molar-refractivity contribution in [2.24, 2.45) is 0 Å². The molecule has 20 heavy (non-hydrogen) atoms. The molecule has 0 radical (unpaired) electrons. The topological polar surface area (TPSA) is 131 Å². The number of carboxylic acid groups (broad SMARTS) is 2. The van der Waals surface area contributed by atoms with Crippen LogP contribution in [0.5, 0.6) is 0 Å². The predicted molar refractivity (Wildman–Crippen MR) is 66.8 cm³/mol. The van der Waals surface area contributed by atoms with Crippen molar-refractivity contribution < 1.29 is 24.6 Å². The first-order valence-corrected chi connectivity index (χ1v) is 6.34. The van der Waals surface area contributed by atoms with E-state index in [-0.39, 0.29) is 31.8 Å². The van der Waals surface area contributed by atoms with Crippen LogP contribution >= 0.6 is 0 Å². The van der Waals surface area contributed by atoms with Crippen LogP contribution in [0.15, 0.2) is 0 Å². The zero-order valence-electron chi connectivity index (χ0n) is 10.9. The van der Waals surface area contributed by atoms with E-state index in [4.69, 9.17) is 15.5 Å². The number of rotatable bonds is 8. The number of carboxylic acids is 2. The van der Waals surface area contributed by atoms with Gasteiger partial charge in [0.2, 0.25) is 0 Å². The summed E-state index contributed by atoms with van der Waals surface area (Å²) in [7, 11) is 0. The molecule has 8 heteroatoms.